The van der Waals surface area contributed by atoms with E-state index in [-0.39, 0.29) is 0 Å². The van der Waals surface area contributed by atoms with Crippen LogP contribution in [-0.4, -0.2) is 45.0 Å². The lowest BCUT2D eigenvalue weighted by Gasteiger charge is -2.34. The molecule has 0 amide bonds. The first kappa shape index (κ1) is 21.1. The average Bonchev–Trinajstić information content (AvgIpc) is 3.70. The maximum Gasteiger partial charge on any atom is 0.258 e. The predicted octanol–water partition coefficient (Wildman–Crippen LogP) is 4.73. The van der Waals surface area contributed by atoms with Crippen LogP contribution in [0.2, 0.25) is 0 Å². The van der Waals surface area contributed by atoms with Gasteiger partial charge in [-0.3, -0.25) is 0 Å². The van der Waals surface area contributed by atoms with Crippen molar-refractivity contribution in [1.29, 1.82) is 0 Å². The quantitative estimate of drug-likeness (QED) is 0.340. The monoisotopic (exact) mass is 483 g/mol. The Kier molecular flexibility index (Phi) is 4.85. The topological polar surface area (TPSA) is 92.1 Å². The molecule has 37 heavy (non-hydrogen) atoms. The van der Waals surface area contributed by atoms with Crippen molar-refractivity contribution in [2.45, 2.75) is 12.2 Å². The van der Waals surface area contributed by atoms with Crippen molar-refractivity contribution in [3.63, 3.8) is 0 Å². The SMILES string of the molecule is C(=Cc1ccccc1)CC(n1nnc2ccccc21)(n1nnc2ccccc21)n1nnc2ccccc21. The maximum atomic E-state index is 4.67. The van der Waals surface area contributed by atoms with E-state index in [0.29, 0.717) is 6.42 Å². The minimum absolute atomic E-state index is 0.440. The molecule has 0 aliphatic heterocycles. The number of fused-ring (bicyclic) bond motifs is 3. The minimum Gasteiger partial charge on any atom is -0.196 e. The molecule has 3 heterocycles. The third kappa shape index (κ3) is 3.32. The van der Waals surface area contributed by atoms with E-state index in [9.17, 15) is 0 Å². The molecule has 0 fully saturated rings. The number of nitrogens with zero attached hydrogens (tertiary/aromatic N) is 9. The normalized spacial score (nSPS) is 12.3. The Morgan fingerprint density at radius 3 is 1.38 bits per heavy atom. The van der Waals surface area contributed by atoms with Gasteiger partial charge in [0.2, 0.25) is 0 Å². The van der Waals surface area contributed by atoms with Crippen molar-refractivity contribution in [3.8, 4) is 0 Å². The van der Waals surface area contributed by atoms with E-state index in [1.807, 2.05) is 105 Å². The predicted molar refractivity (Wildman–Crippen MR) is 141 cm³/mol. The molecule has 0 N–H and O–H groups in total. The summed E-state index contributed by atoms with van der Waals surface area (Å²) in [6.45, 7) is 0. The Labute approximate surface area is 211 Å². The van der Waals surface area contributed by atoms with E-state index < -0.39 is 5.79 Å². The van der Waals surface area contributed by atoms with Gasteiger partial charge in [0, 0.05) is 6.42 Å². The van der Waals surface area contributed by atoms with Crippen LogP contribution in [0, 0.1) is 0 Å². The smallest absolute Gasteiger partial charge is 0.196 e. The van der Waals surface area contributed by atoms with E-state index in [1.165, 1.54) is 0 Å². The molecule has 178 valence electrons. The summed E-state index contributed by atoms with van der Waals surface area (Å²) in [5.41, 5.74) is 5.93. The van der Waals surface area contributed by atoms with Gasteiger partial charge in [-0.25, -0.2) is 0 Å². The zero-order valence-corrected chi connectivity index (χ0v) is 19.7. The summed E-state index contributed by atoms with van der Waals surface area (Å²) >= 11 is 0. The summed E-state index contributed by atoms with van der Waals surface area (Å²) < 4.78 is 5.62. The molecule has 4 aromatic carbocycles. The average molecular weight is 484 g/mol. The summed E-state index contributed by atoms with van der Waals surface area (Å²) in [5.74, 6) is -1.12. The van der Waals surface area contributed by atoms with Crippen molar-refractivity contribution >= 4 is 39.2 Å². The fraction of sp³-hybridized carbons (Fsp3) is 0.0714. The fourth-order valence-electron chi connectivity index (χ4n) is 4.85. The molecule has 9 heteroatoms. The van der Waals surface area contributed by atoms with E-state index in [1.54, 1.807) is 0 Å². The highest BCUT2D eigenvalue weighted by molar-refractivity contribution is 5.78. The largest absolute Gasteiger partial charge is 0.258 e. The fourth-order valence-corrected chi connectivity index (χ4v) is 4.85. The highest BCUT2D eigenvalue weighted by atomic mass is 15.7. The van der Waals surface area contributed by atoms with Crippen LogP contribution in [0.1, 0.15) is 12.0 Å². The van der Waals surface area contributed by atoms with Crippen LogP contribution in [0.25, 0.3) is 39.2 Å². The van der Waals surface area contributed by atoms with Crippen LogP contribution < -0.4 is 0 Å². The van der Waals surface area contributed by atoms with Crippen LogP contribution in [0.3, 0.4) is 0 Å². The van der Waals surface area contributed by atoms with Crippen LogP contribution in [0.15, 0.2) is 109 Å². The third-order valence-electron chi connectivity index (χ3n) is 6.57. The van der Waals surface area contributed by atoms with Crippen molar-refractivity contribution in [3.05, 3.63) is 115 Å². The standard InChI is InChI=1S/C28H21N9/c1-2-11-21(12-3-1)13-10-20-28(35-25-17-7-4-14-22(25)29-32-35,36-26-18-8-5-15-23(26)30-33-36)37-27-19-9-6-16-24(27)31-34-37/h1-19H,20H2. The summed E-state index contributed by atoms with van der Waals surface area (Å²) in [5, 5.41) is 27.5. The molecular weight excluding hydrogens is 462 g/mol. The second kappa shape index (κ2) is 8.49. The van der Waals surface area contributed by atoms with E-state index in [0.717, 1.165) is 38.7 Å². The lowest BCUT2D eigenvalue weighted by molar-refractivity contribution is 0.129. The van der Waals surface area contributed by atoms with Gasteiger partial charge in [0.25, 0.3) is 5.79 Å². The second-order valence-electron chi connectivity index (χ2n) is 8.76. The van der Waals surface area contributed by atoms with Gasteiger partial charge in [-0.05, 0) is 42.0 Å². The van der Waals surface area contributed by atoms with Gasteiger partial charge in [0.15, 0.2) is 0 Å². The molecule has 3 aromatic heterocycles. The van der Waals surface area contributed by atoms with Crippen LogP contribution in [0.5, 0.6) is 0 Å². The summed E-state index contributed by atoms with van der Waals surface area (Å²) in [6.07, 6.45) is 4.64. The van der Waals surface area contributed by atoms with Crippen molar-refractivity contribution in [1.82, 2.24) is 45.0 Å². The molecule has 0 spiro atoms. The zero-order chi connectivity index (χ0) is 24.7. The van der Waals surface area contributed by atoms with Crippen LogP contribution >= 0.6 is 0 Å². The molecule has 0 bridgehead atoms. The minimum atomic E-state index is -1.12. The lowest BCUT2D eigenvalue weighted by Crippen LogP contribution is -2.49. The van der Waals surface area contributed by atoms with E-state index >= 15 is 0 Å². The van der Waals surface area contributed by atoms with Gasteiger partial charge in [-0.15, -0.1) is 15.3 Å². The molecular formula is C28H21N9. The van der Waals surface area contributed by atoms with Gasteiger partial charge >= 0.3 is 0 Å². The maximum absolute atomic E-state index is 4.67. The first-order valence-corrected chi connectivity index (χ1v) is 12.0. The third-order valence-corrected chi connectivity index (χ3v) is 6.57. The number of hydrogen-bond acceptors (Lipinski definition) is 6. The first-order chi connectivity index (χ1) is 18.3. The van der Waals surface area contributed by atoms with Gasteiger partial charge in [0.1, 0.15) is 16.6 Å². The van der Waals surface area contributed by atoms with Gasteiger partial charge in [0.05, 0.1) is 16.6 Å². The molecule has 0 radical (unpaired) electrons. The summed E-state index contributed by atoms with van der Waals surface area (Å²) in [6, 6.07) is 33.8. The van der Waals surface area contributed by atoms with Gasteiger partial charge in [-0.2, -0.15) is 14.0 Å². The number of aromatic nitrogens is 9. The highest BCUT2D eigenvalue weighted by Gasteiger charge is 2.43. The number of allylic oxidation sites excluding steroid dienone is 1. The number of para-hydroxylation sites is 3. The van der Waals surface area contributed by atoms with Crippen LogP contribution in [0.4, 0.5) is 0 Å². The Morgan fingerprint density at radius 1 is 0.514 bits per heavy atom. The molecule has 0 aliphatic rings. The van der Waals surface area contributed by atoms with E-state index in [4.69, 9.17) is 0 Å². The van der Waals surface area contributed by atoms with Crippen molar-refractivity contribution in [2.75, 3.05) is 0 Å². The summed E-state index contributed by atoms with van der Waals surface area (Å²) in [7, 11) is 0. The Bertz CT molecular complexity index is 1700. The van der Waals surface area contributed by atoms with Crippen molar-refractivity contribution < 1.29 is 0 Å². The zero-order valence-electron chi connectivity index (χ0n) is 19.7. The molecule has 0 unspecified atom stereocenters. The van der Waals surface area contributed by atoms with E-state index in [2.05, 4.69) is 55.2 Å². The number of rotatable bonds is 6. The number of hydrogen-bond donors (Lipinski definition) is 0. The molecule has 7 aromatic rings. The van der Waals surface area contributed by atoms with Crippen molar-refractivity contribution in [2.24, 2.45) is 0 Å². The number of benzene rings is 4. The Balaban J connectivity index is 1.57. The molecule has 7 rings (SSSR count). The Hall–Kier alpha value is -5.18. The lowest BCUT2D eigenvalue weighted by atomic mass is 10.1. The Morgan fingerprint density at radius 2 is 0.919 bits per heavy atom. The van der Waals surface area contributed by atoms with Gasteiger partial charge < -0.3 is 0 Å². The van der Waals surface area contributed by atoms with Crippen LogP contribution in [-0.2, 0) is 5.79 Å². The molecule has 0 saturated carbocycles. The van der Waals surface area contributed by atoms with Gasteiger partial charge in [-0.1, -0.05) is 94.5 Å². The molecule has 0 atom stereocenters. The first-order valence-electron chi connectivity index (χ1n) is 12.0. The summed E-state index contributed by atoms with van der Waals surface area (Å²) in [4.78, 5) is 0. The molecule has 9 nitrogen and oxygen atoms in total. The molecule has 0 aliphatic carbocycles. The molecule has 0 saturated heterocycles. The second-order valence-corrected chi connectivity index (χ2v) is 8.76. The highest BCUT2D eigenvalue weighted by Crippen LogP contribution is 2.33.